The number of aliphatic hydroxyl groups is 1. The van der Waals surface area contributed by atoms with Crippen LogP contribution in [0, 0.1) is 0 Å². The molecule has 0 aliphatic heterocycles. The number of nitrogens with zero attached hydrogens (tertiary/aromatic N) is 1. The number of carbonyl (C=O) groups is 1. The Bertz CT molecular complexity index is 1400. The molecule has 474 valence electrons. The Hall–Kier alpha value is -1.28. The summed E-state index contributed by atoms with van der Waals surface area (Å²) in [5.74, 6) is -0.180. The van der Waals surface area contributed by atoms with Gasteiger partial charge in [-0.1, -0.05) is 333 Å². The van der Waals surface area contributed by atoms with E-state index in [1.807, 2.05) is 27.2 Å². The second-order valence-corrected chi connectivity index (χ2v) is 27.1. The molecule has 0 radical (unpaired) electrons. The van der Waals surface area contributed by atoms with Gasteiger partial charge < -0.3 is 19.8 Å². The lowest BCUT2D eigenvalue weighted by Gasteiger charge is -2.25. The van der Waals surface area contributed by atoms with Gasteiger partial charge in [-0.25, -0.2) is 4.57 Å². The van der Waals surface area contributed by atoms with Gasteiger partial charge in [-0.15, -0.1) is 0 Å². The van der Waals surface area contributed by atoms with Crippen molar-refractivity contribution in [1.29, 1.82) is 0 Å². The number of quaternary nitrogens is 1. The zero-order valence-corrected chi connectivity index (χ0v) is 55.2. The summed E-state index contributed by atoms with van der Waals surface area (Å²) in [6, 6.07) is -0.864. The maximum Gasteiger partial charge on any atom is 0.472 e. The van der Waals surface area contributed by atoms with Crippen LogP contribution < -0.4 is 5.32 Å². The Kier molecular flexibility index (Phi) is 61.3. The molecular weight excluding hydrogens is 1010 g/mol. The molecule has 0 aliphatic carbocycles. The molecule has 0 saturated carbocycles. The van der Waals surface area contributed by atoms with Gasteiger partial charge in [0.1, 0.15) is 13.2 Å². The number of unbranched alkanes of at least 4 members (excludes halogenated alkanes) is 49. The largest absolute Gasteiger partial charge is 0.472 e. The topological polar surface area (TPSA) is 105 Å². The van der Waals surface area contributed by atoms with Crippen LogP contribution in [0.5, 0.6) is 0 Å². The molecule has 3 atom stereocenters. The SMILES string of the molecule is CCCCCCCCCC/C=C\CCCCCCCCCCCCCCCCCC(=O)NC(COP(=O)(O)OCC[N+](C)(C)C)C(O)/C=C/CC/C=C/CCCCCCCCCCCCCCCCCCCCCCCCCCC. The molecule has 0 aromatic heterocycles. The molecule has 0 bridgehead atoms. The summed E-state index contributed by atoms with van der Waals surface area (Å²) >= 11 is 0. The van der Waals surface area contributed by atoms with Crippen molar-refractivity contribution in [1.82, 2.24) is 5.32 Å². The first-order chi connectivity index (χ1) is 39.0. The van der Waals surface area contributed by atoms with Crippen molar-refractivity contribution in [3.05, 3.63) is 36.5 Å². The quantitative estimate of drug-likeness (QED) is 0.0243. The Balaban J connectivity index is 4.08. The van der Waals surface area contributed by atoms with E-state index in [0.29, 0.717) is 17.4 Å². The first-order valence-electron chi connectivity index (χ1n) is 35.4. The first kappa shape index (κ1) is 78.7. The van der Waals surface area contributed by atoms with Crippen molar-refractivity contribution >= 4 is 13.7 Å². The van der Waals surface area contributed by atoms with Crippen LogP contribution in [0.4, 0.5) is 0 Å². The molecule has 0 aliphatic rings. The predicted octanol–water partition coefficient (Wildman–Crippen LogP) is 22.4. The Labute approximate surface area is 499 Å². The van der Waals surface area contributed by atoms with Crippen molar-refractivity contribution in [2.24, 2.45) is 0 Å². The van der Waals surface area contributed by atoms with E-state index in [1.165, 1.54) is 302 Å². The highest BCUT2D eigenvalue weighted by atomic mass is 31.2. The molecule has 0 fully saturated rings. The van der Waals surface area contributed by atoms with Crippen LogP contribution in [-0.2, 0) is 18.4 Å². The molecule has 9 heteroatoms. The number of hydrogen-bond donors (Lipinski definition) is 3. The highest BCUT2D eigenvalue weighted by Crippen LogP contribution is 2.43. The number of allylic oxidation sites excluding steroid dienone is 5. The molecule has 0 saturated heterocycles. The standard InChI is InChI=1S/C71H139N2O6P/c1-6-8-10-12-14-16-18-20-22-24-26-28-30-32-34-35-36-37-39-40-42-44-46-48-50-52-54-56-58-60-62-64-70(74)69(68-79-80(76,77)78-67-66-73(3,4)5)72-71(75)65-63-61-59-57-55-53-51-49-47-45-43-41-38-33-31-29-27-25-23-21-19-17-15-13-11-9-7-2/h25,27,54,56,62,64,69-70,74H,6-24,26,28-53,55,57-61,63,65-68H2,1-5H3,(H-,72,75,76,77)/p+1/b27-25-,56-54+,64-62+. The smallest absolute Gasteiger partial charge is 0.387 e. The zero-order valence-electron chi connectivity index (χ0n) is 54.3. The number of phosphoric acid groups is 1. The molecule has 1 amide bonds. The predicted molar refractivity (Wildman–Crippen MR) is 351 cm³/mol. The van der Waals surface area contributed by atoms with Crippen LogP contribution in [-0.4, -0.2) is 73.4 Å². The summed E-state index contributed by atoms with van der Waals surface area (Å²) in [5, 5.41) is 14.0. The minimum absolute atomic E-state index is 0.0577. The lowest BCUT2D eigenvalue weighted by Crippen LogP contribution is -2.45. The summed E-state index contributed by atoms with van der Waals surface area (Å²) in [5.41, 5.74) is 0. The van der Waals surface area contributed by atoms with Gasteiger partial charge in [-0.3, -0.25) is 13.8 Å². The average Bonchev–Trinajstić information content (AvgIpc) is 3.42. The highest BCUT2D eigenvalue weighted by molar-refractivity contribution is 7.47. The zero-order chi connectivity index (χ0) is 58.4. The van der Waals surface area contributed by atoms with E-state index in [9.17, 15) is 19.4 Å². The molecule has 0 spiro atoms. The lowest BCUT2D eigenvalue weighted by atomic mass is 10.0. The van der Waals surface area contributed by atoms with Gasteiger partial charge in [0.25, 0.3) is 0 Å². The van der Waals surface area contributed by atoms with Crippen molar-refractivity contribution in [3.63, 3.8) is 0 Å². The second-order valence-electron chi connectivity index (χ2n) is 25.6. The Morgan fingerprint density at radius 1 is 0.412 bits per heavy atom. The van der Waals surface area contributed by atoms with Crippen LogP contribution in [0.2, 0.25) is 0 Å². The Morgan fingerprint density at radius 2 is 0.688 bits per heavy atom. The van der Waals surface area contributed by atoms with Crippen LogP contribution >= 0.6 is 7.82 Å². The molecule has 8 nitrogen and oxygen atoms in total. The molecular formula is C71H140N2O6P+. The van der Waals surface area contributed by atoms with Gasteiger partial charge >= 0.3 is 7.82 Å². The van der Waals surface area contributed by atoms with E-state index >= 15 is 0 Å². The number of phosphoric ester groups is 1. The monoisotopic (exact) mass is 1150 g/mol. The molecule has 0 rings (SSSR count). The lowest BCUT2D eigenvalue weighted by molar-refractivity contribution is -0.870. The maximum absolute atomic E-state index is 13.0. The van der Waals surface area contributed by atoms with E-state index in [-0.39, 0.29) is 19.1 Å². The van der Waals surface area contributed by atoms with Crippen molar-refractivity contribution in [2.45, 2.75) is 373 Å². The molecule has 3 N–H and O–H groups in total. The fourth-order valence-corrected chi connectivity index (χ4v) is 11.6. The first-order valence-corrected chi connectivity index (χ1v) is 36.9. The molecule has 80 heavy (non-hydrogen) atoms. The van der Waals surface area contributed by atoms with Crippen molar-refractivity contribution < 1.29 is 32.9 Å². The third-order valence-corrected chi connectivity index (χ3v) is 17.3. The van der Waals surface area contributed by atoms with E-state index in [4.69, 9.17) is 9.05 Å². The van der Waals surface area contributed by atoms with Gasteiger partial charge in [0.2, 0.25) is 5.91 Å². The minimum Gasteiger partial charge on any atom is -0.387 e. The molecule has 3 unspecified atom stereocenters. The van der Waals surface area contributed by atoms with Crippen LogP contribution in [0.1, 0.15) is 361 Å². The second kappa shape index (κ2) is 62.3. The number of amides is 1. The number of hydrogen-bond acceptors (Lipinski definition) is 5. The van der Waals surface area contributed by atoms with E-state index in [0.717, 1.165) is 38.5 Å². The van der Waals surface area contributed by atoms with Crippen LogP contribution in [0.25, 0.3) is 0 Å². The molecule has 0 aromatic carbocycles. The summed E-state index contributed by atoms with van der Waals surface area (Å²) in [6.45, 7) is 4.85. The third-order valence-electron chi connectivity index (χ3n) is 16.3. The number of likely N-dealkylation sites (N-methyl/N-ethyl adjacent to an activating group) is 1. The maximum atomic E-state index is 13.0. The minimum atomic E-state index is -4.36. The summed E-state index contributed by atoms with van der Waals surface area (Å²) in [4.78, 5) is 23.4. The fourth-order valence-electron chi connectivity index (χ4n) is 10.8. The average molecular weight is 1150 g/mol. The molecule has 0 heterocycles. The van der Waals surface area contributed by atoms with E-state index in [2.05, 4.69) is 43.5 Å². The van der Waals surface area contributed by atoms with Crippen molar-refractivity contribution in [3.8, 4) is 0 Å². The summed E-state index contributed by atoms with van der Waals surface area (Å²) in [7, 11) is 1.57. The number of rotatable bonds is 66. The van der Waals surface area contributed by atoms with Gasteiger partial charge in [-0.05, 0) is 57.8 Å². The molecule has 0 aromatic rings. The van der Waals surface area contributed by atoms with Crippen LogP contribution in [0.15, 0.2) is 36.5 Å². The third kappa shape index (κ3) is 64.3. The van der Waals surface area contributed by atoms with Gasteiger partial charge in [0, 0.05) is 6.42 Å². The van der Waals surface area contributed by atoms with E-state index < -0.39 is 20.0 Å². The Morgan fingerprint density at radius 3 is 1.00 bits per heavy atom. The summed E-state index contributed by atoms with van der Waals surface area (Å²) in [6.07, 6.45) is 83.0. The number of nitrogens with one attached hydrogen (secondary N) is 1. The van der Waals surface area contributed by atoms with Gasteiger partial charge in [-0.2, -0.15) is 0 Å². The van der Waals surface area contributed by atoms with Crippen LogP contribution in [0.3, 0.4) is 0 Å². The van der Waals surface area contributed by atoms with Gasteiger partial charge in [0.15, 0.2) is 0 Å². The highest BCUT2D eigenvalue weighted by Gasteiger charge is 2.28. The summed E-state index contributed by atoms with van der Waals surface area (Å²) < 4.78 is 23.8. The van der Waals surface area contributed by atoms with Crippen molar-refractivity contribution in [2.75, 3.05) is 40.9 Å². The van der Waals surface area contributed by atoms with E-state index in [1.54, 1.807) is 6.08 Å². The van der Waals surface area contributed by atoms with Gasteiger partial charge in [0.05, 0.1) is 39.9 Å². The normalized spacial score (nSPS) is 13.8. The number of aliphatic hydroxyl groups excluding tert-OH is 1. The number of carbonyl (C=O) groups excluding carboxylic acids is 1. The fraction of sp³-hybridized carbons (Fsp3) is 0.901.